The molecule has 4 heteroatoms. The number of hydrogen-bond donors (Lipinski definition) is 2. The maximum absolute atomic E-state index is 12.4. The molecule has 1 atom stereocenters. The third kappa shape index (κ3) is 5.17. The fourth-order valence-corrected chi connectivity index (χ4v) is 2.00. The minimum Gasteiger partial charge on any atom is -0.355 e. The van der Waals surface area contributed by atoms with Gasteiger partial charge in [-0.3, -0.25) is 9.59 Å². The second kappa shape index (κ2) is 7.97. The summed E-state index contributed by atoms with van der Waals surface area (Å²) in [6, 6.07) is 9.59. The van der Waals surface area contributed by atoms with Crippen LogP contribution in [0.2, 0.25) is 0 Å². The predicted octanol–water partition coefficient (Wildman–Crippen LogP) is 3.05. The summed E-state index contributed by atoms with van der Waals surface area (Å²) in [6.07, 6.45) is 0.907. The van der Waals surface area contributed by atoms with Crippen LogP contribution in [0, 0.1) is 11.3 Å². The first kappa shape index (κ1) is 18.2. The molecule has 4 nitrogen and oxygen atoms in total. The highest BCUT2D eigenvalue weighted by atomic mass is 16.2. The van der Waals surface area contributed by atoms with E-state index in [1.165, 1.54) is 0 Å². The molecule has 1 aromatic carbocycles. The number of amides is 2. The standard InChI is InChI=1S/C18H28N2O2/c1-13(2)11-12-19-16(21)18(4,5)17(22)20-14(3)15-9-7-6-8-10-15/h6-10,13-14H,11-12H2,1-5H3,(H,19,21)(H,20,22). The van der Waals surface area contributed by atoms with Crippen molar-refractivity contribution in [3.63, 3.8) is 0 Å². The summed E-state index contributed by atoms with van der Waals surface area (Å²) >= 11 is 0. The van der Waals surface area contributed by atoms with Crippen LogP contribution in [0.25, 0.3) is 0 Å². The Morgan fingerprint density at radius 3 is 2.18 bits per heavy atom. The molecule has 0 bridgehead atoms. The Kier molecular flexibility index (Phi) is 6.60. The smallest absolute Gasteiger partial charge is 0.235 e. The molecule has 0 saturated heterocycles. The third-order valence-electron chi connectivity index (χ3n) is 3.79. The summed E-state index contributed by atoms with van der Waals surface area (Å²) in [5.74, 6) is 0.0344. The van der Waals surface area contributed by atoms with Crippen LogP contribution in [0.3, 0.4) is 0 Å². The van der Waals surface area contributed by atoms with Crippen molar-refractivity contribution in [2.24, 2.45) is 11.3 Å². The van der Waals surface area contributed by atoms with Crippen molar-refractivity contribution in [1.29, 1.82) is 0 Å². The van der Waals surface area contributed by atoms with Crippen LogP contribution in [-0.4, -0.2) is 18.4 Å². The van der Waals surface area contributed by atoms with Gasteiger partial charge in [0.1, 0.15) is 5.41 Å². The highest BCUT2D eigenvalue weighted by Crippen LogP contribution is 2.19. The lowest BCUT2D eigenvalue weighted by atomic mass is 9.90. The Bertz CT molecular complexity index is 495. The second-order valence-electron chi connectivity index (χ2n) is 6.67. The van der Waals surface area contributed by atoms with E-state index in [4.69, 9.17) is 0 Å². The number of carbonyl (C=O) groups excluding carboxylic acids is 2. The van der Waals surface area contributed by atoms with Gasteiger partial charge in [0.05, 0.1) is 6.04 Å². The molecule has 2 amide bonds. The molecule has 0 aromatic heterocycles. The lowest BCUT2D eigenvalue weighted by Crippen LogP contribution is -2.48. The minimum atomic E-state index is -1.08. The van der Waals surface area contributed by atoms with Crippen LogP contribution in [0.15, 0.2) is 30.3 Å². The highest BCUT2D eigenvalue weighted by Gasteiger charge is 2.36. The van der Waals surface area contributed by atoms with E-state index in [-0.39, 0.29) is 17.9 Å². The van der Waals surface area contributed by atoms with E-state index in [0.717, 1.165) is 12.0 Å². The Morgan fingerprint density at radius 1 is 1.05 bits per heavy atom. The first-order chi connectivity index (χ1) is 10.2. The summed E-state index contributed by atoms with van der Waals surface area (Å²) in [5, 5.41) is 5.77. The first-order valence-electron chi connectivity index (χ1n) is 7.89. The zero-order valence-corrected chi connectivity index (χ0v) is 14.3. The molecule has 2 N–H and O–H groups in total. The summed E-state index contributed by atoms with van der Waals surface area (Å²) in [7, 11) is 0. The van der Waals surface area contributed by atoms with Crippen molar-refractivity contribution >= 4 is 11.8 Å². The SMILES string of the molecule is CC(C)CCNC(=O)C(C)(C)C(=O)NC(C)c1ccccc1. The monoisotopic (exact) mass is 304 g/mol. The third-order valence-corrected chi connectivity index (χ3v) is 3.79. The van der Waals surface area contributed by atoms with Gasteiger partial charge in [-0.2, -0.15) is 0 Å². The van der Waals surface area contributed by atoms with Gasteiger partial charge in [0, 0.05) is 6.54 Å². The molecule has 122 valence electrons. The fourth-order valence-electron chi connectivity index (χ4n) is 2.00. The number of benzene rings is 1. The lowest BCUT2D eigenvalue weighted by Gasteiger charge is -2.25. The van der Waals surface area contributed by atoms with Gasteiger partial charge in [-0.05, 0) is 38.7 Å². The van der Waals surface area contributed by atoms with E-state index < -0.39 is 5.41 Å². The summed E-state index contributed by atoms with van der Waals surface area (Å²) in [5.41, 5.74) is -0.0631. The molecule has 0 aliphatic carbocycles. The van der Waals surface area contributed by atoms with E-state index in [1.54, 1.807) is 13.8 Å². The molecule has 1 unspecified atom stereocenters. The van der Waals surface area contributed by atoms with Crippen LogP contribution in [-0.2, 0) is 9.59 Å². The van der Waals surface area contributed by atoms with Gasteiger partial charge in [0.2, 0.25) is 11.8 Å². The topological polar surface area (TPSA) is 58.2 Å². The average Bonchev–Trinajstić information content (AvgIpc) is 2.47. The summed E-state index contributed by atoms with van der Waals surface area (Å²) < 4.78 is 0. The normalized spacial score (nSPS) is 12.8. The van der Waals surface area contributed by atoms with Crippen molar-refractivity contribution in [3.8, 4) is 0 Å². The zero-order valence-electron chi connectivity index (χ0n) is 14.3. The van der Waals surface area contributed by atoms with Crippen LogP contribution in [0.1, 0.15) is 52.6 Å². The van der Waals surface area contributed by atoms with Crippen LogP contribution < -0.4 is 10.6 Å². The van der Waals surface area contributed by atoms with Crippen molar-refractivity contribution in [2.45, 2.75) is 47.1 Å². The Morgan fingerprint density at radius 2 is 1.64 bits per heavy atom. The van der Waals surface area contributed by atoms with E-state index in [1.807, 2.05) is 37.3 Å². The second-order valence-corrected chi connectivity index (χ2v) is 6.67. The molecule has 1 aromatic rings. The molecule has 0 aliphatic heterocycles. The maximum atomic E-state index is 12.4. The lowest BCUT2D eigenvalue weighted by molar-refractivity contribution is -0.141. The van der Waals surface area contributed by atoms with E-state index in [2.05, 4.69) is 24.5 Å². The van der Waals surface area contributed by atoms with E-state index >= 15 is 0 Å². The Hall–Kier alpha value is -1.84. The van der Waals surface area contributed by atoms with Gasteiger partial charge < -0.3 is 10.6 Å². The van der Waals surface area contributed by atoms with Crippen molar-refractivity contribution < 1.29 is 9.59 Å². The number of carbonyl (C=O) groups is 2. The van der Waals surface area contributed by atoms with Gasteiger partial charge >= 0.3 is 0 Å². The van der Waals surface area contributed by atoms with Gasteiger partial charge in [-0.1, -0.05) is 44.2 Å². The molecule has 0 spiro atoms. The van der Waals surface area contributed by atoms with Crippen molar-refractivity contribution in [3.05, 3.63) is 35.9 Å². The largest absolute Gasteiger partial charge is 0.355 e. The van der Waals surface area contributed by atoms with Crippen molar-refractivity contribution in [2.75, 3.05) is 6.54 Å². The minimum absolute atomic E-state index is 0.128. The molecule has 0 radical (unpaired) electrons. The molecule has 0 saturated carbocycles. The molecule has 1 rings (SSSR count). The van der Waals surface area contributed by atoms with Gasteiger partial charge in [0.15, 0.2) is 0 Å². The zero-order chi connectivity index (χ0) is 16.8. The Balaban J connectivity index is 2.60. The number of rotatable bonds is 7. The van der Waals surface area contributed by atoms with Gasteiger partial charge in [-0.25, -0.2) is 0 Å². The molecule has 22 heavy (non-hydrogen) atoms. The van der Waals surface area contributed by atoms with Gasteiger partial charge in [-0.15, -0.1) is 0 Å². The molecular weight excluding hydrogens is 276 g/mol. The van der Waals surface area contributed by atoms with Crippen LogP contribution in [0.4, 0.5) is 0 Å². The van der Waals surface area contributed by atoms with Crippen molar-refractivity contribution in [1.82, 2.24) is 10.6 Å². The fraction of sp³-hybridized carbons (Fsp3) is 0.556. The van der Waals surface area contributed by atoms with Crippen LogP contribution in [0.5, 0.6) is 0 Å². The maximum Gasteiger partial charge on any atom is 0.235 e. The van der Waals surface area contributed by atoms with Gasteiger partial charge in [0.25, 0.3) is 0 Å². The average molecular weight is 304 g/mol. The Labute approximate surface area is 133 Å². The quantitative estimate of drug-likeness (QED) is 0.761. The first-order valence-corrected chi connectivity index (χ1v) is 7.89. The van der Waals surface area contributed by atoms with E-state index in [0.29, 0.717) is 12.5 Å². The molecule has 0 aliphatic rings. The summed E-state index contributed by atoms with van der Waals surface area (Å²) in [4.78, 5) is 24.6. The predicted molar refractivity (Wildman–Crippen MR) is 89.2 cm³/mol. The highest BCUT2D eigenvalue weighted by molar-refractivity contribution is 6.04. The summed E-state index contributed by atoms with van der Waals surface area (Å²) in [6.45, 7) is 10.0. The molecular formula is C18H28N2O2. The van der Waals surface area contributed by atoms with E-state index in [9.17, 15) is 9.59 Å². The van der Waals surface area contributed by atoms with Crippen LogP contribution >= 0.6 is 0 Å². The molecule has 0 fully saturated rings. The molecule has 0 heterocycles. The number of nitrogens with one attached hydrogen (secondary N) is 2. The number of hydrogen-bond acceptors (Lipinski definition) is 2.